The minimum Gasteiger partial charge on any atom is -0.323 e. The molecule has 1 N–H and O–H groups in total. The van der Waals surface area contributed by atoms with Gasteiger partial charge in [0.15, 0.2) is 0 Å². The first-order valence-electron chi connectivity index (χ1n) is 8.88. The Balaban J connectivity index is 0.000000755. The van der Waals surface area contributed by atoms with E-state index in [1.54, 1.807) is 42.5 Å². The van der Waals surface area contributed by atoms with E-state index in [1.165, 1.54) is 24.4 Å². The summed E-state index contributed by atoms with van der Waals surface area (Å²) >= 11 is 0. The molecule has 0 saturated heterocycles. The second-order valence-electron chi connectivity index (χ2n) is 6.31. The molecule has 1 aliphatic rings. The maximum atomic E-state index is 13.1. The van der Waals surface area contributed by atoms with Gasteiger partial charge >= 0.3 is 0 Å². The standard InChI is InChI=1S/C20H13NO4S.C2H7N/c22-18-12-11-17-19(20(18)23)16(14-7-3-1-4-8-14)13-21(17)26(24,25)15-9-5-2-6-10-15;1-3-2/h1-13H;3H,1-2H3. The van der Waals surface area contributed by atoms with Crippen LogP contribution in [0.4, 0.5) is 0 Å². The summed E-state index contributed by atoms with van der Waals surface area (Å²) in [5, 5.41) is 2.75. The van der Waals surface area contributed by atoms with E-state index in [-0.39, 0.29) is 16.2 Å². The van der Waals surface area contributed by atoms with Crippen LogP contribution in [-0.2, 0) is 14.8 Å². The van der Waals surface area contributed by atoms with Crippen LogP contribution in [0.2, 0.25) is 0 Å². The minimum absolute atomic E-state index is 0.107. The van der Waals surface area contributed by atoms with Crippen LogP contribution in [0.25, 0.3) is 17.2 Å². The fourth-order valence-electron chi connectivity index (χ4n) is 2.99. The van der Waals surface area contributed by atoms with Gasteiger partial charge in [0.2, 0.25) is 11.6 Å². The Labute approximate surface area is 169 Å². The molecule has 0 fully saturated rings. The zero-order chi connectivity index (χ0) is 21.0. The summed E-state index contributed by atoms with van der Waals surface area (Å²) in [6.07, 6.45) is 3.89. The Kier molecular flexibility index (Phi) is 5.91. The molecule has 148 valence electrons. The van der Waals surface area contributed by atoms with Crippen molar-refractivity contribution >= 4 is 27.7 Å². The van der Waals surface area contributed by atoms with E-state index < -0.39 is 21.6 Å². The Bertz CT molecular complexity index is 1180. The van der Waals surface area contributed by atoms with Crippen molar-refractivity contribution in [1.29, 1.82) is 0 Å². The number of Topliss-reactive ketones (excluding diaryl/α,β-unsaturated/α-hetero) is 1. The van der Waals surface area contributed by atoms with Crippen LogP contribution in [-0.4, -0.2) is 38.1 Å². The number of ketones is 2. The SMILES string of the molecule is CNC.O=C1C=Cc2c(c(-c3ccccc3)cn2S(=O)(=O)c2ccccc2)C1=O. The Morgan fingerprint density at radius 2 is 1.38 bits per heavy atom. The van der Waals surface area contributed by atoms with E-state index in [0.29, 0.717) is 11.1 Å². The average molecular weight is 408 g/mol. The Morgan fingerprint density at radius 3 is 1.97 bits per heavy atom. The van der Waals surface area contributed by atoms with Crippen LogP contribution in [0.15, 0.2) is 77.8 Å². The fourth-order valence-corrected chi connectivity index (χ4v) is 4.37. The number of allylic oxidation sites excluding steroid dienone is 1. The quantitative estimate of drug-likeness (QED) is 0.674. The molecular formula is C22H20N2O4S. The summed E-state index contributed by atoms with van der Waals surface area (Å²) in [5.74, 6) is -1.37. The Morgan fingerprint density at radius 1 is 0.828 bits per heavy atom. The number of nitrogens with zero attached hydrogens (tertiary/aromatic N) is 1. The summed E-state index contributed by atoms with van der Waals surface area (Å²) in [6.45, 7) is 0. The summed E-state index contributed by atoms with van der Waals surface area (Å²) in [6, 6.07) is 16.9. The number of rotatable bonds is 3. The molecule has 0 spiro atoms. The number of benzene rings is 2. The number of aromatic nitrogens is 1. The zero-order valence-corrected chi connectivity index (χ0v) is 16.8. The number of nitrogens with one attached hydrogen (secondary N) is 1. The number of carbonyl (C=O) groups excluding carboxylic acids is 2. The highest BCUT2D eigenvalue weighted by Gasteiger charge is 2.32. The number of fused-ring (bicyclic) bond motifs is 1. The van der Waals surface area contributed by atoms with Crippen molar-refractivity contribution in [2.75, 3.05) is 14.1 Å². The molecule has 3 aromatic rings. The van der Waals surface area contributed by atoms with Gasteiger partial charge in [-0.1, -0.05) is 48.5 Å². The lowest BCUT2D eigenvalue weighted by molar-refractivity contribution is -0.110. The van der Waals surface area contributed by atoms with Crippen molar-refractivity contribution in [2.45, 2.75) is 4.90 Å². The molecule has 0 atom stereocenters. The maximum Gasteiger partial charge on any atom is 0.268 e. The monoisotopic (exact) mass is 408 g/mol. The molecule has 0 radical (unpaired) electrons. The fraction of sp³-hybridized carbons (Fsp3) is 0.0909. The summed E-state index contributed by atoms with van der Waals surface area (Å²) in [7, 11) is -0.157. The van der Waals surface area contributed by atoms with E-state index >= 15 is 0 Å². The molecule has 7 heteroatoms. The molecule has 29 heavy (non-hydrogen) atoms. The van der Waals surface area contributed by atoms with Crippen molar-refractivity contribution in [3.63, 3.8) is 0 Å². The topological polar surface area (TPSA) is 85.2 Å². The van der Waals surface area contributed by atoms with Crippen LogP contribution in [0, 0.1) is 0 Å². The van der Waals surface area contributed by atoms with Crippen molar-refractivity contribution in [2.24, 2.45) is 0 Å². The van der Waals surface area contributed by atoms with Gasteiger partial charge in [0.1, 0.15) is 0 Å². The van der Waals surface area contributed by atoms with Crippen LogP contribution in [0.1, 0.15) is 16.1 Å². The van der Waals surface area contributed by atoms with Gasteiger partial charge < -0.3 is 5.32 Å². The van der Waals surface area contributed by atoms with E-state index in [4.69, 9.17) is 0 Å². The predicted octanol–water partition coefficient (Wildman–Crippen LogP) is 3.01. The maximum absolute atomic E-state index is 13.1. The van der Waals surface area contributed by atoms with Crippen LogP contribution < -0.4 is 5.32 Å². The third kappa shape index (κ3) is 3.83. The summed E-state index contributed by atoms with van der Waals surface area (Å²) < 4.78 is 27.2. The first-order valence-corrected chi connectivity index (χ1v) is 10.3. The van der Waals surface area contributed by atoms with Gasteiger partial charge in [0.05, 0.1) is 16.2 Å². The van der Waals surface area contributed by atoms with E-state index in [1.807, 2.05) is 20.2 Å². The zero-order valence-electron chi connectivity index (χ0n) is 16.0. The van der Waals surface area contributed by atoms with E-state index in [2.05, 4.69) is 5.32 Å². The van der Waals surface area contributed by atoms with E-state index in [9.17, 15) is 18.0 Å². The van der Waals surface area contributed by atoms with Gasteiger partial charge in [-0.3, -0.25) is 9.59 Å². The molecule has 6 nitrogen and oxygen atoms in total. The molecule has 2 aromatic carbocycles. The lowest BCUT2D eigenvalue weighted by Crippen LogP contribution is -2.19. The van der Waals surface area contributed by atoms with Crippen molar-refractivity contribution in [1.82, 2.24) is 9.29 Å². The number of carbonyl (C=O) groups is 2. The van der Waals surface area contributed by atoms with Gasteiger partial charge in [0.25, 0.3) is 10.0 Å². The third-order valence-electron chi connectivity index (χ3n) is 4.24. The van der Waals surface area contributed by atoms with Crippen molar-refractivity contribution < 1.29 is 18.0 Å². The molecule has 0 bridgehead atoms. The lowest BCUT2D eigenvalue weighted by Gasteiger charge is -2.11. The molecule has 0 aliphatic heterocycles. The van der Waals surface area contributed by atoms with Gasteiger partial charge in [-0.05, 0) is 43.9 Å². The molecule has 1 aromatic heterocycles. The largest absolute Gasteiger partial charge is 0.323 e. The lowest BCUT2D eigenvalue weighted by atomic mass is 9.94. The van der Waals surface area contributed by atoms with E-state index in [0.717, 1.165) is 10.0 Å². The highest BCUT2D eigenvalue weighted by Crippen LogP contribution is 2.34. The molecule has 0 saturated carbocycles. The molecule has 1 heterocycles. The highest BCUT2D eigenvalue weighted by atomic mass is 32.2. The molecule has 0 amide bonds. The van der Waals surface area contributed by atoms with Crippen LogP contribution >= 0.6 is 0 Å². The van der Waals surface area contributed by atoms with Gasteiger partial charge in [-0.2, -0.15) is 0 Å². The predicted molar refractivity (Wildman–Crippen MR) is 112 cm³/mol. The van der Waals surface area contributed by atoms with Crippen LogP contribution in [0.5, 0.6) is 0 Å². The smallest absolute Gasteiger partial charge is 0.268 e. The Hall–Kier alpha value is -3.29. The van der Waals surface area contributed by atoms with Crippen molar-refractivity contribution in [3.8, 4) is 11.1 Å². The second-order valence-corrected chi connectivity index (χ2v) is 8.12. The molecule has 4 rings (SSSR count). The summed E-state index contributed by atoms with van der Waals surface area (Å²) in [5.41, 5.74) is 1.39. The van der Waals surface area contributed by atoms with Crippen LogP contribution in [0.3, 0.4) is 0 Å². The third-order valence-corrected chi connectivity index (χ3v) is 5.93. The molecule has 0 unspecified atom stereocenters. The number of hydrogen-bond donors (Lipinski definition) is 1. The highest BCUT2D eigenvalue weighted by molar-refractivity contribution is 7.90. The first kappa shape index (κ1) is 20.4. The second kappa shape index (κ2) is 8.38. The summed E-state index contributed by atoms with van der Waals surface area (Å²) in [4.78, 5) is 24.5. The van der Waals surface area contributed by atoms with Gasteiger partial charge in [-0.25, -0.2) is 12.4 Å². The average Bonchev–Trinajstić information content (AvgIpc) is 3.14. The van der Waals surface area contributed by atoms with Crippen molar-refractivity contribution in [3.05, 3.63) is 84.2 Å². The molecule has 1 aliphatic carbocycles. The van der Waals surface area contributed by atoms with Gasteiger partial charge in [-0.15, -0.1) is 0 Å². The first-order chi connectivity index (χ1) is 13.9. The number of hydrogen-bond acceptors (Lipinski definition) is 5. The van der Waals surface area contributed by atoms with Gasteiger partial charge in [0, 0.05) is 11.8 Å². The molecular weight excluding hydrogens is 388 g/mol. The minimum atomic E-state index is -3.91. The normalized spacial score (nSPS) is 12.9.